The fourth-order valence-electron chi connectivity index (χ4n) is 2.09. The lowest BCUT2D eigenvalue weighted by atomic mass is 10.2. The van der Waals surface area contributed by atoms with Gasteiger partial charge in [0.25, 0.3) is 0 Å². The van der Waals surface area contributed by atoms with Crippen molar-refractivity contribution in [3.63, 3.8) is 0 Å². The van der Waals surface area contributed by atoms with Crippen LogP contribution in [0, 0.1) is 0 Å². The Kier molecular flexibility index (Phi) is 6.34. The van der Waals surface area contributed by atoms with E-state index in [1.165, 1.54) is 4.88 Å². The maximum absolute atomic E-state index is 11.8. The number of urea groups is 1. The number of likely N-dealkylation sites (N-methyl/N-ethyl adjacent to an activating group) is 1. The number of nitrogens with one attached hydrogen (secondary N) is 1. The van der Waals surface area contributed by atoms with Crippen LogP contribution < -0.4 is 15.8 Å². The molecule has 0 spiro atoms. The van der Waals surface area contributed by atoms with Crippen molar-refractivity contribution in [3.05, 3.63) is 52.2 Å². The van der Waals surface area contributed by atoms with Crippen LogP contribution in [0.2, 0.25) is 0 Å². The minimum atomic E-state index is -0.840. The van der Waals surface area contributed by atoms with Crippen molar-refractivity contribution in [2.45, 2.75) is 26.1 Å². The minimum Gasteiger partial charge on any atom is -0.488 e. The molecule has 0 aliphatic carbocycles. The Labute approximate surface area is 145 Å². The SMILES string of the molecule is C[C@H](C(=O)NC(N)=O)N(C)Cc1ccc(OCc2cccs2)cc1. The first-order chi connectivity index (χ1) is 11.5. The van der Waals surface area contributed by atoms with E-state index in [0.29, 0.717) is 13.2 Å². The van der Waals surface area contributed by atoms with Gasteiger partial charge in [0.05, 0.1) is 6.04 Å². The van der Waals surface area contributed by atoms with E-state index in [1.807, 2.05) is 53.7 Å². The second kappa shape index (κ2) is 8.47. The third-order valence-corrected chi connectivity index (χ3v) is 4.45. The van der Waals surface area contributed by atoms with Crippen LogP contribution in [0.25, 0.3) is 0 Å². The average molecular weight is 347 g/mol. The van der Waals surface area contributed by atoms with Crippen molar-refractivity contribution < 1.29 is 14.3 Å². The fraction of sp³-hybridized carbons (Fsp3) is 0.294. The number of thiophene rings is 1. The van der Waals surface area contributed by atoms with Gasteiger partial charge >= 0.3 is 6.03 Å². The smallest absolute Gasteiger partial charge is 0.318 e. The molecule has 0 saturated carbocycles. The standard InChI is InChI=1S/C17H21N3O3S/c1-12(16(21)19-17(18)22)20(2)10-13-5-7-14(8-6-13)23-11-15-4-3-9-24-15/h3-9,12H,10-11H2,1-2H3,(H3,18,19,21,22)/t12-/m1/s1. The van der Waals surface area contributed by atoms with Crippen LogP contribution in [0.3, 0.4) is 0 Å². The second-order valence-corrected chi connectivity index (χ2v) is 6.49. The van der Waals surface area contributed by atoms with Crippen LogP contribution in [0.1, 0.15) is 17.4 Å². The molecule has 0 aliphatic rings. The zero-order valence-electron chi connectivity index (χ0n) is 13.7. The summed E-state index contributed by atoms with van der Waals surface area (Å²) in [6, 6.07) is 10.5. The van der Waals surface area contributed by atoms with Gasteiger partial charge in [0.15, 0.2) is 0 Å². The number of primary amides is 1. The molecule has 0 bridgehead atoms. The van der Waals surface area contributed by atoms with Gasteiger partial charge in [0, 0.05) is 11.4 Å². The summed E-state index contributed by atoms with van der Waals surface area (Å²) in [6.45, 7) is 2.84. The van der Waals surface area contributed by atoms with Gasteiger partial charge in [-0.1, -0.05) is 18.2 Å². The average Bonchev–Trinajstić information content (AvgIpc) is 3.06. The number of amides is 3. The largest absolute Gasteiger partial charge is 0.488 e. The van der Waals surface area contributed by atoms with Gasteiger partial charge in [-0.15, -0.1) is 11.3 Å². The van der Waals surface area contributed by atoms with Gasteiger partial charge < -0.3 is 10.5 Å². The molecule has 7 heteroatoms. The summed E-state index contributed by atoms with van der Waals surface area (Å²) in [6.07, 6.45) is 0. The number of hydrogen-bond donors (Lipinski definition) is 2. The monoisotopic (exact) mass is 347 g/mol. The first-order valence-electron chi connectivity index (χ1n) is 7.50. The van der Waals surface area contributed by atoms with E-state index in [-0.39, 0.29) is 0 Å². The van der Waals surface area contributed by atoms with Crippen LogP contribution in [-0.2, 0) is 17.9 Å². The molecule has 6 nitrogen and oxygen atoms in total. The molecule has 0 radical (unpaired) electrons. The highest BCUT2D eigenvalue weighted by Gasteiger charge is 2.19. The van der Waals surface area contributed by atoms with E-state index < -0.39 is 18.0 Å². The van der Waals surface area contributed by atoms with Crippen LogP contribution >= 0.6 is 11.3 Å². The maximum Gasteiger partial charge on any atom is 0.318 e. The Hall–Kier alpha value is -2.38. The Balaban J connectivity index is 1.86. The van der Waals surface area contributed by atoms with Gasteiger partial charge in [-0.3, -0.25) is 15.0 Å². The zero-order chi connectivity index (χ0) is 17.5. The maximum atomic E-state index is 11.8. The Bertz CT molecular complexity index is 671. The Morgan fingerprint density at radius 2 is 2.00 bits per heavy atom. The van der Waals surface area contributed by atoms with Crippen LogP contribution in [0.15, 0.2) is 41.8 Å². The van der Waals surface area contributed by atoms with Crippen LogP contribution in [0.4, 0.5) is 4.79 Å². The van der Waals surface area contributed by atoms with Gasteiger partial charge in [-0.25, -0.2) is 4.79 Å². The summed E-state index contributed by atoms with van der Waals surface area (Å²) in [5.74, 6) is 0.384. The number of rotatable bonds is 7. The number of hydrogen-bond acceptors (Lipinski definition) is 5. The van der Waals surface area contributed by atoms with Crippen molar-refractivity contribution in [1.29, 1.82) is 0 Å². The molecule has 3 N–H and O–H groups in total. The number of ether oxygens (including phenoxy) is 1. The minimum absolute atomic E-state index is 0.416. The molecule has 1 atom stereocenters. The molecule has 1 aromatic carbocycles. The molecule has 24 heavy (non-hydrogen) atoms. The summed E-state index contributed by atoms with van der Waals surface area (Å²) in [5.41, 5.74) is 6.00. The molecule has 128 valence electrons. The Morgan fingerprint density at radius 1 is 1.29 bits per heavy atom. The van der Waals surface area contributed by atoms with Crippen molar-refractivity contribution in [3.8, 4) is 5.75 Å². The van der Waals surface area contributed by atoms with Gasteiger partial charge in [0.1, 0.15) is 12.4 Å². The van der Waals surface area contributed by atoms with E-state index in [2.05, 4.69) is 5.32 Å². The summed E-state index contributed by atoms with van der Waals surface area (Å²) in [5, 5.41) is 4.11. The van der Waals surface area contributed by atoms with Crippen molar-refractivity contribution in [2.75, 3.05) is 7.05 Å². The third kappa shape index (κ3) is 5.36. The second-order valence-electron chi connectivity index (χ2n) is 5.46. The first kappa shape index (κ1) is 18.0. The number of carbonyl (C=O) groups is 2. The van der Waals surface area contributed by atoms with Crippen LogP contribution in [-0.4, -0.2) is 29.9 Å². The number of carbonyl (C=O) groups excluding carboxylic acids is 2. The summed E-state index contributed by atoms with van der Waals surface area (Å²) >= 11 is 1.66. The summed E-state index contributed by atoms with van der Waals surface area (Å²) < 4.78 is 5.72. The Morgan fingerprint density at radius 3 is 2.58 bits per heavy atom. The highest BCUT2D eigenvalue weighted by Crippen LogP contribution is 2.17. The lowest BCUT2D eigenvalue weighted by molar-refractivity contribution is -0.124. The summed E-state index contributed by atoms with van der Waals surface area (Å²) in [4.78, 5) is 25.5. The summed E-state index contributed by atoms with van der Waals surface area (Å²) in [7, 11) is 1.81. The van der Waals surface area contributed by atoms with Crippen LogP contribution in [0.5, 0.6) is 5.75 Å². The molecule has 0 fully saturated rings. The lowest BCUT2D eigenvalue weighted by Crippen LogP contribution is -2.46. The first-order valence-corrected chi connectivity index (χ1v) is 8.38. The normalized spacial score (nSPS) is 12.0. The molecule has 0 aliphatic heterocycles. The molecular weight excluding hydrogens is 326 g/mol. The molecule has 0 saturated heterocycles. The van der Waals surface area contributed by atoms with E-state index in [9.17, 15) is 9.59 Å². The third-order valence-electron chi connectivity index (χ3n) is 3.60. The molecule has 1 aromatic heterocycles. The van der Waals surface area contributed by atoms with Crippen molar-refractivity contribution in [1.82, 2.24) is 10.2 Å². The van der Waals surface area contributed by atoms with E-state index >= 15 is 0 Å². The van der Waals surface area contributed by atoms with Gasteiger partial charge in [-0.2, -0.15) is 0 Å². The predicted octanol–water partition coefficient (Wildman–Crippen LogP) is 2.34. The lowest BCUT2D eigenvalue weighted by Gasteiger charge is -2.23. The topological polar surface area (TPSA) is 84.7 Å². The van der Waals surface area contributed by atoms with E-state index in [1.54, 1.807) is 18.3 Å². The van der Waals surface area contributed by atoms with E-state index in [0.717, 1.165) is 11.3 Å². The molecule has 3 amide bonds. The number of nitrogens with zero attached hydrogens (tertiary/aromatic N) is 1. The molecule has 2 rings (SSSR count). The van der Waals surface area contributed by atoms with Crippen molar-refractivity contribution in [2.24, 2.45) is 5.73 Å². The molecule has 0 unspecified atom stereocenters. The number of imide groups is 1. The zero-order valence-corrected chi connectivity index (χ0v) is 14.5. The molecule has 2 aromatic rings. The highest BCUT2D eigenvalue weighted by molar-refractivity contribution is 7.09. The predicted molar refractivity (Wildman–Crippen MR) is 93.7 cm³/mol. The quantitative estimate of drug-likeness (QED) is 0.805. The van der Waals surface area contributed by atoms with Gasteiger partial charge in [0.2, 0.25) is 5.91 Å². The van der Waals surface area contributed by atoms with E-state index in [4.69, 9.17) is 10.5 Å². The van der Waals surface area contributed by atoms with Crippen molar-refractivity contribution >= 4 is 23.3 Å². The fourth-order valence-corrected chi connectivity index (χ4v) is 2.71. The molecular formula is C17H21N3O3S. The number of benzene rings is 1. The highest BCUT2D eigenvalue weighted by atomic mass is 32.1. The van der Waals surface area contributed by atoms with Gasteiger partial charge in [-0.05, 0) is 43.1 Å². The molecule has 1 heterocycles. The number of nitrogens with two attached hydrogens (primary N) is 1.